The zero-order chi connectivity index (χ0) is 18.8. The van der Waals surface area contributed by atoms with Crippen molar-refractivity contribution >= 4 is 34.6 Å². The molecule has 26 heavy (non-hydrogen) atoms. The summed E-state index contributed by atoms with van der Waals surface area (Å²) >= 11 is 1.44. The maximum absolute atomic E-state index is 5.74. The van der Waals surface area contributed by atoms with Gasteiger partial charge in [-0.3, -0.25) is 0 Å². The average Bonchev–Trinajstić information content (AvgIpc) is 2.63. The van der Waals surface area contributed by atoms with Gasteiger partial charge in [-0.1, -0.05) is 11.9 Å². The first kappa shape index (κ1) is 18.1. The van der Waals surface area contributed by atoms with Crippen molar-refractivity contribution in [1.82, 2.24) is 15.0 Å². The number of nitrogens with zero attached hydrogens (tertiary/aromatic N) is 3. The summed E-state index contributed by atoms with van der Waals surface area (Å²) in [5.41, 5.74) is 10.2. The molecular weight excluding hydrogens is 350 g/mol. The fourth-order valence-corrected chi connectivity index (χ4v) is 3.36. The Morgan fingerprint density at radius 3 is 2.27 bits per heavy atom. The van der Waals surface area contributed by atoms with Crippen LogP contribution in [0.5, 0.6) is 11.5 Å². The van der Waals surface area contributed by atoms with Crippen LogP contribution < -0.4 is 19.9 Å². The van der Waals surface area contributed by atoms with Crippen molar-refractivity contribution in [2.75, 3.05) is 30.9 Å². The Morgan fingerprint density at radius 2 is 1.69 bits per heavy atom. The highest BCUT2D eigenvalue weighted by Gasteiger charge is 2.18. The van der Waals surface area contributed by atoms with Gasteiger partial charge in [0, 0.05) is 40.6 Å². The number of hydrogen-bond donors (Lipinski definition) is 2. The van der Waals surface area contributed by atoms with Gasteiger partial charge in [-0.05, 0) is 19.9 Å². The highest BCUT2D eigenvalue weighted by atomic mass is 32.2. The number of nitrogens with two attached hydrogens (primary N) is 1. The number of aromatic nitrogens is 3. The van der Waals surface area contributed by atoms with Crippen LogP contribution in [0.25, 0.3) is 22.2 Å². The van der Waals surface area contributed by atoms with Crippen molar-refractivity contribution in [2.24, 2.45) is 0 Å². The van der Waals surface area contributed by atoms with E-state index in [9.17, 15) is 0 Å². The van der Waals surface area contributed by atoms with Crippen LogP contribution in [0.4, 0.5) is 11.8 Å². The second-order valence-electron chi connectivity index (χ2n) is 5.73. The third-order valence-electron chi connectivity index (χ3n) is 4.23. The quantitative estimate of drug-likeness (QED) is 0.657. The maximum Gasteiger partial charge on any atom is 0.220 e. The lowest BCUT2D eigenvalue weighted by molar-refractivity contribution is 0.391. The Bertz CT molecular complexity index is 949. The fourth-order valence-electron chi connectivity index (χ4n) is 3.02. The van der Waals surface area contributed by atoms with Crippen LogP contribution >= 0.6 is 11.9 Å². The number of hydrogen-bond acceptors (Lipinski definition) is 8. The second-order valence-corrected chi connectivity index (χ2v) is 6.35. The Hall–Kier alpha value is -2.74. The van der Waals surface area contributed by atoms with Crippen LogP contribution in [0.2, 0.25) is 0 Å². The van der Waals surface area contributed by atoms with E-state index < -0.39 is 0 Å². The predicted octanol–water partition coefficient (Wildman–Crippen LogP) is 3.60. The van der Waals surface area contributed by atoms with Crippen molar-refractivity contribution < 1.29 is 9.47 Å². The minimum Gasteiger partial charge on any atom is -0.496 e. The molecule has 0 amide bonds. The lowest BCUT2D eigenvalue weighted by atomic mass is 9.97. The monoisotopic (exact) mass is 371 g/mol. The lowest BCUT2D eigenvalue weighted by Crippen LogP contribution is -2.02. The standard InChI is InChI=1S/C18H21N5O2S/c1-9-13(24-3)7-14(25-4)10(2)15(9)12-6-11-8-20-18(19)22-16(11)17(21-12)23-26-5/h6-8H,1-5H3,(H,21,23)(H2,19,20,22). The normalized spacial score (nSPS) is 10.8. The van der Waals surface area contributed by atoms with Gasteiger partial charge < -0.3 is 19.9 Å². The zero-order valence-corrected chi connectivity index (χ0v) is 16.2. The Morgan fingerprint density at radius 1 is 1.04 bits per heavy atom. The van der Waals surface area contributed by atoms with Gasteiger partial charge in [0.05, 0.1) is 19.9 Å². The first-order valence-corrected chi connectivity index (χ1v) is 9.17. The summed E-state index contributed by atoms with van der Waals surface area (Å²) < 4.78 is 14.2. The molecule has 0 unspecified atom stereocenters. The van der Waals surface area contributed by atoms with E-state index in [1.54, 1.807) is 20.4 Å². The van der Waals surface area contributed by atoms with Crippen LogP contribution in [0.1, 0.15) is 11.1 Å². The van der Waals surface area contributed by atoms with Gasteiger partial charge in [0.25, 0.3) is 0 Å². The van der Waals surface area contributed by atoms with Crippen LogP contribution in [0.3, 0.4) is 0 Å². The smallest absolute Gasteiger partial charge is 0.220 e. The van der Waals surface area contributed by atoms with E-state index in [0.29, 0.717) is 11.3 Å². The number of anilines is 2. The molecular formula is C18H21N5O2S. The molecule has 0 radical (unpaired) electrons. The molecule has 1 aromatic carbocycles. The number of fused-ring (bicyclic) bond motifs is 1. The molecule has 0 fully saturated rings. The molecule has 8 heteroatoms. The molecule has 0 bridgehead atoms. The molecule has 0 spiro atoms. The Labute approximate surface area is 156 Å². The van der Waals surface area contributed by atoms with E-state index in [4.69, 9.17) is 20.2 Å². The van der Waals surface area contributed by atoms with Gasteiger partial charge >= 0.3 is 0 Å². The van der Waals surface area contributed by atoms with Crippen molar-refractivity contribution in [3.63, 3.8) is 0 Å². The highest BCUT2D eigenvalue weighted by molar-refractivity contribution is 7.99. The summed E-state index contributed by atoms with van der Waals surface area (Å²) in [5.74, 6) is 2.35. The van der Waals surface area contributed by atoms with Gasteiger partial charge in [0.2, 0.25) is 5.95 Å². The summed E-state index contributed by atoms with van der Waals surface area (Å²) in [6.45, 7) is 4.02. The largest absolute Gasteiger partial charge is 0.496 e. The van der Waals surface area contributed by atoms with Gasteiger partial charge in [0.15, 0.2) is 5.82 Å². The average molecular weight is 371 g/mol. The van der Waals surface area contributed by atoms with E-state index in [1.807, 2.05) is 32.2 Å². The molecule has 3 aromatic rings. The molecule has 3 N–H and O–H groups in total. The van der Waals surface area contributed by atoms with E-state index in [2.05, 4.69) is 14.7 Å². The predicted molar refractivity (Wildman–Crippen MR) is 107 cm³/mol. The molecule has 136 valence electrons. The summed E-state index contributed by atoms with van der Waals surface area (Å²) in [4.78, 5) is 13.2. The summed E-state index contributed by atoms with van der Waals surface area (Å²) in [6, 6.07) is 3.84. The van der Waals surface area contributed by atoms with Crippen LogP contribution in [0.15, 0.2) is 18.3 Å². The van der Waals surface area contributed by atoms with Crippen molar-refractivity contribution in [1.29, 1.82) is 0 Å². The maximum atomic E-state index is 5.74. The molecule has 0 saturated carbocycles. The van der Waals surface area contributed by atoms with Crippen LogP contribution in [-0.2, 0) is 0 Å². The zero-order valence-electron chi connectivity index (χ0n) is 15.4. The van der Waals surface area contributed by atoms with Gasteiger partial charge in [-0.2, -0.15) is 0 Å². The van der Waals surface area contributed by atoms with Gasteiger partial charge in [-0.25, -0.2) is 15.0 Å². The minimum absolute atomic E-state index is 0.214. The number of pyridine rings is 1. The van der Waals surface area contributed by atoms with Crippen molar-refractivity contribution in [3.8, 4) is 22.8 Å². The number of rotatable bonds is 5. The van der Waals surface area contributed by atoms with E-state index in [0.717, 1.165) is 39.3 Å². The summed E-state index contributed by atoms with van der Waals surface area (Å²) in [6.07, 6.45) is 3.63. The molecule has 0 atom stereocenters. The van der Waals surface area contributed by atoms with E-state index >= 15 is 0 Å². The Balaban J connectivity index is 2.34. The molecule has 2 aromatic heterocycles. The molecule has 0 aliphatic rings. The minimum atomic E-state index is 0.214. The number of methoxy groups -OCH3 is 2. The SMILES string of the molecule is COc1cc(OC)c(C)c(-c2cc3cnc(N)nc3c(NSC)n2)c1C. The third kappa shape index (κ3) is 3.08. The Kier molecular flexibility index (Phi) is 5.03. The molecule has 7 nitrogen and oxygen atoms in total. The molecule has 0 aliphatic carbocycles. The van der Waals surface area contributed by atoms with Crippen molar-refractivity contribution in [3.05, 3.63) is 29.5 Å². The number of nitrogens with one attached hydrogen (secondary N) is 1. The highest BCUT2D eigenvalue weighted by Crippen LogP contribution is 2.39. The molecule has 0 saturated heterocycles. The van der Waals surface area contributed by atoms with Crippen LogP contribution in [-0.4, -0.2) is 35.4 Å². The van der Waals surface area contributed by atoms with Crippen LogP contribution in [0, 0.1) is 13.8 Å². The number of benzene rings is 1. The second kappa shape index (κ2) is 7.25. The number of ether oxygens (including phenoxy) is 2. The van der Waals surface area contributed by atoms with Gasteiger partial charge in [-0.15, -0.1) is 0 Å². The summed E-state index contributed by atoms with van der Waals surface area (Å²) in [7, 11) is 3.29. The molecule has 0 aliphatic heterocycles. The first-order chi connectivity index (χ1) is 12.5. The number of nitrogen functional groups attached to an aromatic ring is 1. The first-order valence-electron chi connectivity index (χ1n) is 7.95. The van der Waals surface area contributed by atoms with Gasteiger partial charge in [0.1, 0.15) is 17.0 Å². The van der Waals surface area contributed by atoms with E-state index in [1.165, 1.54) is 11.9 Å². The third-order valence-corrected chi connectivity index (χ3v) is 4.63. The summed E-state index contributed by atoms with van der Waals surface area (Å²) in [5, 5.41) is 0.848. The molecule has 3 rings (SSSR count). The fraction of sp³-hybridized carbons (Fsp3) is 0.278. The topological polar surface area (TPSA) is 95.2 Å². The lowest BCUT2D eigenvalue weighted by Gasteiger charge is -2.18. The van der Waals surface area contributed by atoms with Crippen molar-refractivity contribution in [2.45, 2.75) is 13.8 Å². The molecule has 2 heterocycles. The van der Waals surface area contributed by atoms with E-state index in [-0.39, 0.29) is 5.95 Å².